The molecule has 1 saturated heterocycles. The molecule has 2 atom stereocenters. The minimum Gasteiger partial charge on any atom is -0.326 e. The van der Waals surface area contributed by atoms with E-state index in [0.717, 1.165) is 13.1 Å². The van der Waals surface area contributed by atoms with Crippen LogP contribution in [0.4, 0.5) is 4.39 Å². The van der Waals surface area contributed by atoms with Gasteiger partial charge in [-0.05, 0) is 12.3 Å². The molecule has 0 aromatic rings. The van der Waals surface area contributed by atoms with Crippen LogP contribution in [0.2, 0.25) is 0 Å². The average Bonchev–Trinajstić information content (AvgIpc) is 2.35. The lowest BCUT2D eigenvalue weighted by Crippen LogP contribution is -2.39. The van der Waals surface area contributed by atoms with E-state index in [9.17, 15) is 4.39 Å². The van der Waals surface area contributed by atoms with Gasteiger partial charge in [0, 0.05) is 25.7 Å². The Balaban J connectivity index is 2.23. The Morgan fingerprint density at radius 3 is 2.67 bits per heavy atom. The Bertz CT molecular complexity index is 138. The zero-order valence-electron chi connectivity index (χ0n) is 7.96. The van der Waals surface area contributed by atoms with Gasteiger partial charge in [-0.1, -0.05) is 13.8 Å². The molecular formula is C9H19FN2. The van der Waals surface area contributed by atoms with Gasteiger partial charge in [0.2, 0.25) is 0 Å². The van der Waals surface area contributed by atoms with Crippen LogP contribution in [-0.2, 0) is 0 Å². The van der Waals surface area contributed by atoms with Crippen LogP contribution in [0.1, 0.15) is 20.3 Å². The summed E-state index contributed by atoms with van der Waals surface area (Å²) in [5, 5.41) is 0. The molecule has 3 heteroatoms. The highest BCUT2D eigenvalue weighted by Crippen LogP contribution is 2.13. The maximum Gasteiger partial charge on any atom is 0.114 e. The number of alkyl halides is 1. The summed E-state index contributed by atoms with van der Waals surface area (Å²) in [6, 6.07) is 0.190. The summed E-state index contributed by atoms with van der Waals surface area (Å²) in [5.74, 6) is 0.490. The van der Waals surface area contributed by atoms with Crippen LogP contribution in [0.15, 0.2) is 0 Å². The summed E-state index contributed by atoms with van der Waals surface area (Å²) in [6.45, 7) is 6.52. The van der Waals surface area contributed by atoms with E-state index in [1.165, 1.54) is 0 Å². The van der Waals surface area contributed by atoms with Crippen molar-refractivity contribution in [1.82, 2.24) is 4.90 Å². The first-order valence-corrected chi connectivity index (χ1v) is 4.71. The molecule has 2 unspecified atom stereocenters. The fourth-order valence-corrected chi connectivity index (χ4v) is 1.46. The smallest absolute Gasteiger partial charge is 0.114 e. The standard InChI is InChI=1S/C9H19FN2/c1-7(2)9(11)6-12-4-3-8(10)5-12/h7-9H,3-6,11H2,1-2H3. The van der Waals surface area contributed by atoms with Crippen molar-refractivity contribution in [2.45, 2.75) is 32.5 Å². The molecule has 0 amide bonds. The number of halogens is 1. The molecule has 1 rings (SSSR count). The second-order valence-electron chi connectivity index (χ2n) is 4.05. The highest BCUT2D eigenvalue weighted by Gasteiger charge is 2.23. The third-order valence-corrected chi connectivity index (χ3v) is 2.54. The van der Waals surface area contributed by atoms with Crippen molar-refractivity contribution < 1.29 is 4.39 Å². The summed E-state index contributed by atoms with van der Waals surface area (Å²) in [5.41, 5.74) is 5.88. The molecular weight excluding hydrogens is 155 g/mol. The van der Waals surface area contributed by atoms with Crippen molar-refractivity contribution in [3.05, 3.63) is 0 Å². The molecule has 0 aromatic heterocycles. The second kappa shape index (κ2) is 4.19. The molecule has 0 bridgehead atoms. The van der Waals surface area contributed by atoms with Crippen LogP contribution in [0, 0.1) is 5.92 Å². The van der Waals surface area contributed by atoms with Crippen LogP contribution >= 0.6 is 0 Å². The molecule has 1 aliphatic heterocycles. The molecule has 0 spiro atoms. The van der Waals surface area contributed by atoms with E-state index in [4.69, 9.17) is 5.73 Å². The molecule has 0 saturated carbocycles. The van der Waals surface area contributed by atoms with E-state index >= 15 is 0 Å². The van der Waals surface area contributed by atoms with Gasteiger partial charge < -0.3 is 5.73 Å². The van der Waals surface area contributed by atoms with Crippen LogP contribution in [-0.4, -0.2) is 36.7 Å². The largest absolute Gasteiger partial charge is 0.326 e. The molecule has 2 N–H and O–H groups in total. The SMILES string of the molecule is CC(C)C(N)CN1CCC(F)C1. The summed E-state index contributed by atoms with van der Waals surface area (Å²) >= 11 is 0. The summed E-state index contributed by atoms with van der Waals surface area (Å²) in [6.07, 6.45) is 0.0644. The van der Waals surface area contributed by atoms with E-state index in [-0.39, 0.29) is 6.04 Å². The minimum absolute atomic E-state index is 0.190. The van der Waals surface area contributed by atoms with E-state index in [0.29, 0.717) is 18.9 Å². The summed E-state index contributed by atoms with van der Waals surface area (Å²) < 4.78 is 12.7. The maximum absolute atomic E-state index is 12.7. The van der Waals surface area contributed by atoms with Gasteiger partial charge in [-0.3, -0.25) is 4.90 Å². The fraction of sp³-hybridized carbons (Fsp3) is 1.00. The topological polar surface area (TPSA) is 29.3 Å². The normalized spacial score (nSPS) is 28.2. The van der Waals surface area contributed by atoms with Gasteiger partial charge in [-0.25, -0.2) is 4.39 Å². The first kappa shape index (κ1) is 9.93. The van der Waals surface area contributed by atoms with Crippen molar-refractivity contribution in [3.8, 4) is 0 Å². The minimum atomic E-state index is -0.621. The van der Waals surface area contributed by atoms with Crippen molar-refractivity contribution >= 4 is 0 Å². The number of nitrogens with two attached hydrogens (primary N) is 1. The lowest BCUT2D eigenvalue weighted by molar-refractivity contribution is 0.257. The predicted molar refractivity (Wildman–Crippen MR) is 48.8 cm³/mol. The Morgan fingerprint density at radius 2 is 2.25 bits per heavy atom. The molecule has 1 aliphatic rings. The van der Waals surface area contributed by atoms with Crippen LogP contribution in [0.25, 0.3) is 0 Å². The first-order valence-electron chi connectivity index (χ1n) is 4.71. The Labute approximate surface area is 73.9 Å². The number of nitrogens with zero attached hydrogens (tertiary/aromatic N) is 1. The molecule has 0 aliphatic carbocycles. The van der Waals surface area contributed by atoms with Gasteiger partial charge in [-0.15, -0.1) is 0 Å². The van der Waals surface area contributed by atoms with Gasteiger partial charge in [0.25, 0.3) is 0 Å². The van der Waals surface area contributed by atoms with Crippen molar-refractivity contribution in [1.29, 1.82) is 0 Å². The van der Waals surface area contributed by atoms with E-state index in [1.54, 1.807) is 0 Å². The molecule has 2 nitrogen and oxygen atoms in total. The van der Waals surface area contributed by atoms with Crippen molar-refractivity contribution in [3.63, 3.8) is 0 Å². The summed E-state index contributed by atoms with van der Waals surface area (Å²) in [7, 11) is 0. The number of likely N-dealkylation sites (tertiary alicyclic amines) is 1. The molecule has 72 valence electrons. The first-order chi connectivity index (χ1) is 5.59. The highest BCUT2D eigenvalue weighted by molar-refractivity contribution is 4.79. The Kier molecular flexibility index (Phi) is 3.47. The monoisotopic (exact) mass is 174 g/mol. The zero-order valence-corrected chi connectivity index (χ0v) is 7.96. The second-order valence-corrected chi connectivity index (χ2v) is 4.05. The number of hydrogen-bond donors (Lipinski definition) is 1. The van der Waals surface area contributed by atoms with Crippen LogP contribution < -0.4 is 5.73 Å². The third-order valence-electron chi connectivity index (χ3n) is 2.54. The van der Waals surface area contributed by atoms with Gasteiger partial charge in [0.15, 0.2) is 0 Å². The molecule has 0 radical (unpaired) electrons. The van der Waals surface area contributed by atoms with Crippen molar-refractivity contribution in [2.75, 3.05) is 19.6 Å². The van der Waals surface area contributed by atoms with Gasteiger partial charge in [0.05, 0.1) is 0 Å². The Hall–Kier alpha value is -0.150. The van der Waals surface area contributed by atoms with Gasteiger partial charge >= 0.3 is 0 Å². The predicted octanol–water partition coefficient (Wildman–Crippen LogP) is 1.01. The molecule has 12 heavy (non-hydrogen) atoms. The van der Waals surface area contributed by atoms with Crippen LogP contribution in [0.5, 0.6) is 0 Å². The summed E-state index contributed by atoms with van der Waals surface area (Å²) in [4.78, 5) is 2.12. The number of hydrogen-bond acceptors (Lipinski definition) is 2. The lowest BCUT2D eigenvalue weighted by Gasteiger charge is -2.22. The van der Waals surface area contributed by atoms with E-state index in [1.807, 2.05) is 0 Å². The molecule has 1 heterocycles. The third kappa shape index (κ3) is 2.72. The highest BCUT2D eigenvalue weighted by atomic mass is 19.1. The quantitative estimate of drug-likeness (QED) is 0.692. The zero-order chi connectivity index (χ0) is 9.14. The lowest BCUT2D eigenvalue weighted by atomic mass is 10.1. The maximum atomic E-state index is 12.7. The average molecular weight is 174 g/mol. The number of rotatable bonds is 3. The van der Waals surface area contributed by atoms with Crippen LogP contribution in [0.3, 0.4) is 0 Å². The van der Waals surface area contributed by atoms with E-state index in [2.05, 4.69) is 18.7 Å². The van der Waals surface area contributed by atoms with E-state index < -0.39 is 6.17 Å². The Morgan fingerprint density at radius 1 is 1.58 bits per heavy atom. The molecule has 0 aromatic carbocycles. The molecule has 1 fully saturated rings. The van der Waals surface area contributed by atoms with Gasteiger partial charge in [0.1, 0.15) is 6.17 Å². The fourth-order valence-electron chi connectivity index (χ4n) is 1.46. The van der Waals surface area contributed by atoms with Gasteiger partial charge in [-0.2, -0.15) is 0 Å². The van der Waals surface area contributed by atoms with Crippen molar-refractivity contribution in [2.24, 2.45) is 11.7 Å².